The van der Waals surface area contributed by atoms with E-state index in [1.165, 1.54) is 4.90 Å². The second kappa shape index (κ2) is 13.5. The molecule has 1 heterocycles. The monoisotopic (exact) mass is 563 g/mol. The van der Waals surface area contributed by atoms with Gasteiger partial charge in [-0.2, -0.15) is 0 Å². The number of nitrogens with zero attached hydrogens (tertiary/aromatic N) is 1. The molecule has 0 spiro atoms. The molecule has 4 atom stereocenters. The van der Waals surface area contributed by atoms with Crippen molar-refractivity contribution < 1.29 is 33.5 Å². The number of primary amides is 1. The predicted molar refractivity (Wildman–Crippen MR) is 145 cm³/mol. The molecule has 224 valence electrons. The van der Waals surface area contributed by atoms with Crippen molar-refractivity contribution >= 4 is 35.5 Å². The average Bonchev–Trinajstić information content (AvgIpc) is 3.50. The number of nitrogens with two attached hydrogens (primary N) is 1. The van der Waals surface area contributed by atoms with E-state index in [-0.39, 0.29) is 31.0 Å². The van der Waals surface area contributed by atoms with Crippen molar-refractivity contribution in [3.8, 4) is 0 Å². The first-order chi connectivity index (χ1) is 18.8. The molecule has 3 unspecified atom stereocenters. The van der Waals surface area contributed by atoms with Gasteiger partial charge in [-0.05, 0) is 55.8 Å². The topological polar surface area (TPSA) is 177 Å². The highest BCUT2D eigenvalue weighted by molar-refractivity contribution is 6.37. The van der Waals surface area contributed by atoms with Gasteiger partial charge in [0.15, 0.2) is 0 Å². The second-order valence-electron chi connectivity index (χ2n) is 12.7. The van der Waals surface area contributed by atoms with E-state index in [2.05, 4.69) is 16.0 Å². The summed E-state index contributed by atoms with van der Waals surface area (Å²) in [6, 6.07) is -3.60. The summed E-state index contributed by atoms with van der Waals surface area (Å²) in [7, 11) is 0. The van der Waals surface area contributed by atoms with Crippen LogP contribution >= 0.6 is 0 Å². The van der Waals surface area contributed by atoms with Crippen LogP contribution in [0.1, 0.15) is 85.5 Å². The van der Waals surface area contributed by atoms with Gasteiger partial charge in [-0.3, -0.25) is 24.0 Å². The maximum absolute atomic E-state index is 13.8. The van der Waals surface area contributed by atoms with Crippen LogP contribution in [0.25, 0.3) is 0 Å². The summed E-state index contributed by atoms with van der Waals surface area (Å²) in [5.41, 5.74) is 4.52. The van der Waals surface area contributed by atoms with Gasteiger partial charge in [0.25, 0.3) is 5.91 Å². The van der Waals surface area contributed by atoms with Crippen molar-refractivity contribution in [2.75, 3.05) is 13.1 Å². The molecular weight excluding hydrogens is 518 g/mol. The van der Waals surface area contributed by atoms with Gasteiger partial charge in [-0.15, -0.1) is 0 Å². The number of likely N-dealkylation sites (tertiary alicyclic amines) is 1. The lowest BCUT2D eigenvalue weighted by Crippen LogP contribution is -2.60. The van der Waals surface area contributed by atoms with Gasteiger partial charge < -0.3 is 31.3 Å². The summed E-state index contributed by atoms with van der Waals surface area (Å²) in [6.07, 6.45) is 7.12. The maximum atomic E-state index is 13.8. The number of urea groups is 1. The number of rotatable bonds is 11. The highest BCUT2D eigenvalue weighted by atomic mass is 16.5. The van der Waals surface area contributed by atoms with Gasteiger partial charge in [0, 0.05) is 6.54 Å². The number of hydrogen-bond acceptors (Lipinski definition) is 7. The number of Topliss-reactive ketones (excluding diaryl/α,β-unsaturated/α-hetero) is 1. The molecule has 12 heteroatoms. The lowest BCUT2D eigenvalue weighted by Gasteiger charge is -2.36. The van der Waals surface area contributed by atoms with Gasteiger partial charge in [0.05, 0.1) is 6.04 Å². The van der Waals surface area contributed by atoms with Gasteiger partial charge in [0.1, 0.15) is 24.7 Å². The van der Waals surface area contributed by atoms with E-state index < -0.39 is 59.0 Å². The number of esters is 1. The zero-order valence-corrected chi connectivity index (χ0v) is 24.1. The quantitative estimate of drug-likeness (QED) is 0.215. The molecule has 5 N–H and O–H groups in total. The second-order valence-corrected chi connectivity index (χ2v) is 12.7. The van der Waals surface area contributed by atoms with Crippen LogP contribution in [0.5, 0.6) is 0 Å². The Morgan fingerprint density at radius 3 is 2.17 bits per heavy atom. The minimum absolute atomic E-state index is 0.00331. The summed E-state index contributed by atoms with van der Waals surface area (Å²) in [4.78, 5) is 77.5. The van der Waals surface area contributed by atoms with Crippen LogP contribution in [0.15, 0.2) is 0 Å². The molecule has 0 radical (unpaired) electrons. The third-order valence-electron chi connectivity index (χ3n) is 8.15. The molecule has 0 aromatic heterocycles. The number of ketones is 1. The van der Waals surface area contributed by atoms with E-state index in [1.807, 2.05) is 6.92 Å². The number of carbonyl (C=O) groups excluding carboxylic acids is 6. The van der Waals surface area contributed by atoms with Crippen LogP contribution in [0.3, 0.4) is 0 Å². The fraction of sp³-hybridized carbons (Fsp3) is 0.786. The lowest BCUT2D eigenvalue weighted by atomic mass is 9.80. The fourth-order valence-electron chi connectivity index (χ4n) is 5.65. The first kappa shape index (κ1) is 31.3. The molecule has 1 aliphatic heterocycles. The molecule has 40 heavy (non-hydrogen) atoms. The van der Waals surface area contributed by atoms with E-state index >= 15 is 0 Å². The van der Waals surface area contributed by atoms with Crippen molar-refractivity contribution in [3.63, 3.8) is 0 Å². The molecule has 0 bridgehead atoms. The Bertz CT molecular complexity index is 984. The Morgan fingerprint density at radius 2 is 1.62 bits per heavy atom. The van der Waals surface area contributed by atoms with Gasteiger partial charge >= 0.3 is 12.0 Å². The van der Waals surface area contributed by atoms with E-state index in [0.717, 1.165) is 44.9 Å². The van der Waals surface area contributed by atoms with Gasteiger partial charge in [0.2, 0.25) is 17.6 Å². The molecule has 5 amide bonds. The van der Waals surface area contributed by atoms with Crippen LogP contribution in [-0.4, -0.2) is 77.7 Å². The fourth-order valence-corrected chi connectivity index (χ4v) is 5.65. The lowest BCUT2D eigenvalue weighted by molar-refractivity contribution is -0.147. The molecule has 1 saturated heterocycles. The van der Waals surface area contributed by atoms with Crippen LogP contribution in [-0.2, 0) is 28.7 Å². The summed E-state index contributed by atoms with van der Waals surface area (Å²) in [5, 5.41) is 7.84. The van der Waals surface area contributed by atoms with Gasteiger partial charge in [-0.1, -0.05) is 47.0 Å². The molecule has 2 saturated carbocycles. The summed E-state index contributed by atoms with van der Waals surface area (Å²) in [5.74, 6) is -3.23. The van der Waals surface area contributed by atoms with Crippen molar-refractivity contribution in [2.24, 2.45) is 23.0 Å². The minimum Gasteiger partial charge on any atom is -0.461 e. The first-order valence-corrected chi connectivity index (χ1v) is 14.4. The molecule has 0 aromatic carbocycles. The highest BCUT2D eigenvalue weighted by Crippen LogP contribution is 2.32. The van der Waals surface area contributed by atoms with Crippen LogP contribution in [0, 0.1) is 17.3 Å². The summed E-state index contributed by atoms with van der Waals surface area (Å²) < 4.78 is 5.36. The molecule has 3 rings (SSSR count). The molecule has 12 nitrogen and oxygen atoms in total. The van der Waals surface area contributed by atoms with Crippen molar-refractivity contribution in [1.29, 1.82) is 0 Å². The third-order valence-corrected chi connectivity index (χ3v) is 8.15. The minimum atomic E-state index is -1.10. The summed E-state index contributed by atoms with van der Waals surface area (Å²) in [6.45, 7) is 7.25. The number of hydrogen-bond donors (Lipinski definition) is 4. The molecular formula is C28H45N5O7. The van der Waals surface area contributed by atoms with E-state index in [0.29, 0.717) is 12.8 Å². The Labute approximate surface area is 235 Å². The van der Waals surface area contributed by atoms with Gasteiger partial charge in [-0.25, -0.2) is 4.79 Å². The first-order valence-electron chi connectivity index (χ1n) is 14.4. The Kier molecular flexibility index (Phi) is 10.5. The number of ether oxygens (including phenoxy) is 1. The predicted octanol–water partition coefficient (Wildman–Crippen LogP) is 1.15. The standard InChI is InChI=1S/C28H45N5O7/c1-16-12-20(25(37)31-19(22(35)24(29)36)13-17-8-7-9-17)33(15-16)26(38)23(28(2,3)4)32-27(39)30-14-21(34)40-18-10-5-6-11-18/h16-20,23H,5-15H2,1-4H3,(H2,29,36)(H,31,37)(H2,30,32,39)/t16-,19?,20?,23?/m1/s1. The Hall–Kier alpha value is -3.18. The van der Waals surface area contributed by atoms with Crippen LogP contribution < -0.4 is 21.7 Å². The largest absolute Gasteiger partial charge is 0.461 e. The SMILES string of the molecule is C[C@@H]1CC(C(=O)NC(CC2CCC2)C(=O)C(N)=O)N(C(=O)C(NC(=O)NCC(=O)OC2CCCC2)C(C)(C)C)C1. The number of nitrogens with one attached hydrogen (secondary N) is 3. The maximum Gasteiger partial charge on any atom is 0.325 e. The normalized spacial score (nSPS) is 23.1. The molecule has 3 fully saturated rings. The van der Waals surface area contributed by atoms with Crippen molar-refractivity contribution in [2.45, 2.75) is 110 Å². The Balaban J connectivity index is 1.65. The van der Waals surface area contributed by atoms with E-state index in [4.69, 9.17) is 10.5 Å². The van der Waals surface area contributed by atoms with Crippen LogP contribution in [0.2, 0.25) is 0 Å². The van der Waals surface area contributed by atoms with Crippen molar-refractivity contribution in [1.82, 2.24) is 20.9 Å². The van der Waals surface area contributed by atoms with Crippen LogP contribution in [0.4, 0.5) is 4.79 Å². The molecule has 2 aliphatic carbocycles. The zero-order chi connectivity index (χ0) is 29.6. The summed E-state index contributed by atoms with van der Waals surface area (Å²) >= 11 is 0. The van der Waals surface area contributed by atoms with E-state index in [9.17, 15) is 28.8 Å². The van der Waals surface area contributed by atoms with Crippen molar-refractivity contribution in [3.05, 3.63) is 0 Å². The molecule has 3 aliphatic rings. The third kappa shape index (κ3) is 8.41. The number of amides is 5. The average molecular weight is 564 g/mol. The van der Waals surface area contributed by atoms with E-state index in [1.54, 1.807) is 20.8 Å². The zero-order valence-electron chi connectivity index (χ0n) is 24.1. The Morgan fingerprint density at radius 1 is 0.975 bits per heavy atom. The highest BCUT2D eigenvalue weighted by Gasteiger charge is 2.45. The number of carbonyl (C=O) groups is 6. The smallest absolute Gasteiger partial charge is 0.325 e. The molecule has 0 aromatic rings.